The summed E-state index contributed by atoms with van der Waals surface area (Å²) in [4.78, 5) is 44.0. The maximum Gasteiger partial charge on any atom is 0.371 e. The topological polar surface area (TPSA) is 121 Å². The van der Waals surface area contributed by atoms with E-state index in [-0.39, 0.29) is 22.8 Å². The van der Waals surface area contributed by atoms with Crippen LogP contribution in [0.4, 0.5) is 16.4 Å². The number of nitrogens with zero attached hydrogens (tertiary/aromatic N) is 3. The number of hydrogen-bond donors (Lipinski definition) is 0. The molecular formula is C29H35N3O7S. The fraction of sp³-hybridized carbons (Fsp3) is 0.276. The molecule has 10 nitrogen and oxygen atoms in total. The van der Waals surface area contributed by atoms with Crippen molar-refractivity contribution in [2.24, 2.45) is 0 Å². The molecule has 0 atom stereocenters. The van der Waals surface area contributed by atoms with E-state index in [2.05, 4.69) is 9.30 Å². The highest BCUT2D eigenvalue weighted by Gasteiger charge is 2.26. The first kappa shape index (κ1) is 33.5. The van der Waals surface area contributed by atoms with Crippen LogP contribution in [0.15, 0.2) is 66.9 Å². The van der Waals surface area contributed by atoms with Gasteiger partial charge in [-0.3, -0.25) is 14.9 Å². The summed E-state index contributed by atoms with van der Waals surface area (Å²) in [5.41, 5.74) is 3.12. The molecule has 0 saturated heterocycles. The molecule has 0 radical (unpaired) electrons. The van der Waals surface area contributed by atoms with Crippen molar-refractivity contribution < 1.29 is 28.8 Å². The van der Waals surface area contributed by atoms with E-state index < -0.39 is 16.9 Å². The van der Waals surface area contributed by atoms with Crippen molar-refractivity contribution in [3.63, 3.8) is 0 Å². The minimum Gasteiger partial charge on any atom is -0.465 e. The molecule has 0 amide bonds. The van der Waals surface area contributed by atoms with Gasteiger partial charge < -0.3 is 18.9 Å². The summed E-state index contributed by atoms with van der Waals surface area (Å²) in [5, 5.41) is 12.5. The summed E-state index contributed by atoms with van der Waals surface area (Å²) in [7, 11) is 3.00. The normalized spacial score (nSPS) is 9.47. The zero-order chi connectivity index (χ0) is 30.2. The fourth-order valence-electron chi connectivity index (χ4n) is 3.40. The van der Waals surface area contributed by atoms with Gasteiger partial charge in [0.05, 0.1) is 24.2 Å². The van der Waals surface area contributed by atoms with Crippen LogP contribution in [0.1, 0.15) is 44.3 Å². The lowest BCUT2D eigenvalue weighted by atomic mass is 10.2. The number of aldehydes is 1. The molecule has 0 aliphatic carbocycles. The zero-order valence-electron chi connectivity index (χ0n) is 23.7. The number of carbonyl (C=O) groups is 3. The van der Waals surface area contributed by atoms with E-state index in [1.54, 1.807) is 18.9 Å². The van der Waals surface area contributed by atoms with Gasteiger partial charge in [0.1, 0.15) is 10.6 Å². The van der Waals surface area contributed by atoms with Gasteiger partial charge in [-0.25, -0.2) is 9.59 Å². The summed E-state index contributed by atoms with van der Waals surface area (Å²) in [6, 6.07) is 19.3. The minimum absolute atomic E-state index is 0.105. The van der Waals surface area contributed by atoms with Crippen molar-refractivity contribution in [1.29, 1.82) is 0 Å². The Morgan fingerprint density at radius 1 is 1.05 bits per heavy atom. The van der Waals surface area contributed by atoms with E-state index in [0.29, 0.717) is 5.69 Å². The average molecular weight is 570 g/mol. The lowest BCUT2D eigenvalue weighted by Gasteiger charge is -2.18. The van der Waals surface area contributed by atoms with E-state index >= 15 is 0 Å². The second-order valence-electron chi connectivity index (χ2n) is 7.24. The lowest BCUT2D eigenvalue weighted by Crippen LogP contribution is -2.10. The van der Waals surface area contributed by atoms with Gasteiger partial charge in [0.25, 0.3) is 0 Å². The maximum absolute atomic E-state index is 11.8. The van der Waals surface area contributed by atoms with Crippen LogP contribution in [0.5, 0.6) is 0 Å². The molecule has 0 unspecified atom stereocenters. The largest absolute Gasteiger partial charge is 0.465 e. The van der Waals surface area contributed by atoms with Crippen LogP contribution in [0.25, 0.3) is 16.6 Å². The maximum atomic E-state index is 11.8. The van der Waals surface area contributed by atoms with Gasteiger partial charge in [0, 0.05) is 30.0 Å². The summed E-state index contributed by atoms with van der Waals surface area (Å²) >= 11 is 0.808. The van der Waals surface area contributed by atoms with E-state index in [1.165, 1.54) is 13.2 Å². The molecule has 0 N–H and O–H groups in total. The number of fused-ring (bicyclic) bond motifs is 1. The Labute approximate surface area is 237 Å². The standard InChI is InChI=1S/C21H17N3O4S.C4H6O3.2C2H6/c1-22(18-13-19(21(25)28-2)29-20(18)24(26)27)16-9-8-14-10-11-23(17(14)12-16)15-6-4-3-5-7-15;1-2-7-4(6)3-5;2*1-2/h3-13H,1-2H3;3H,2H2,1H3;2*1-2H3. The van der Waals surface area contributed by atoms with Crippen LogP contribution in [0.3, 0.4) is 0 Å². The molecule has 214 valence electrons. The Hall–Kier alpha value is -4.51. The first-order chi connectivity index (χ1) is 19.3. The Kier molecular flexibility index (Phi) is 14.4. The smallest absolute Gasteiger partial charge is 0.371 e. The van der Waals surface area contributed by atoms with Crippen LogP contribution >= 0.6 is 11.3 Å². The Bertz CT molecular complexity index is 1400. The Balaban J connectivity index is 0.000000629. The number of thiophene rings is 1. The lowest BCUT2D eigenvalue weighted by molar-refractivity contribution is -0.379. The number of aromatic nitrogens is 1. The van der Waals surface area contributed by atoms with Crippen molar-refractivity contribution in [1.82, 2.24) is 4.57 Å². The van der Waals surface area contributed by atoms with Gasteiger partial charge in [-0.2, -0.15) is 0 Å². The van der Waals surface area contributed by atoms with Crippen LogP contribution < -0.4 is 4.90 Å². The van der Waals surface area contributed by atoms with Gasteiger partial charge in [-0.15, -0.1) is 0 Å². The third kappa shape index (κ3) is 8.50. The molecule has 2 aromatic carbocycles. The minimum atomic E-state index is -0.803. The number of para-hydroxylation sites is 1. The Morgan fingerprint density at radius 3 is 2.23 bits per heavy atom. The number of nitro groups is 1. The number of ether oxygens (including phenoxy) is 2. The monoisotopic (exact) mass is 569 g/mol. The third-order valence-electron chi connectivity index (χ3n) is 5.09. The van der Waals surface area contributed by atoms with Crippen molar-refractivity contribution in [2.45, 2.75) is 34.6 Å². The number of anilines is 2. The summed E-state index contributed by atoms with van der Waals surface area (Å²) in [6.07, 6.45) is 2.13. The molecule has 0 aliphatic rings. The van der Waals surface area contributed by atoms with Gasteiger partial charge in [0.2, 0.25) is 6.29 Å². The quantitative estimate of drug-likeness (QED) is 0.0770. The highest BCUT2D eigenvalue weighted by molar-refractivity contribution is 7.17. The predicted octanol–water partition coefficient (Wildman–Crippen LogP) is 6.96. The molecule has 0 fully saturated rings. The number of carbonyl (C=O) groups excluding carboxylic acids is 3. The van der Waals surface area contributed by atoms with E-state index in [4.69, 9.17) is 4.74 Å². The van der Waals surface area contributed by atoms with E-state index in [0.717, 1.165) is 33.6 Å². The van der Waals surface area contributed by atoms with E-state index in [9.17, 15) is 24.5 Å². The van der Waals surface area contributed by atoms with Crippen LogP contribution in [0.2, 0.25) is 0 Å². The van der Waals surface area contributed by atoms with E-state index in [1.807, 2.05) is 88.5 Å². The summed E-state index contributed by atoms with van der Waals surface area (Å²) < 4.78 is 11.0. The molecule has 0 aliphatic heterocycles. The molecule has 0 bridgehead atoms. The molecule has 0 saturated carbocycles. The van der Waals surface area contributed by atoms with Gasteiger partial charge in [-0.1, -0.05) is 63.3 Å². The number of hydrogen-bond acceptors (Lipinski definition) is 9. The summed E-state index contributed by atoms with van der Waals surface area (Å²) in [5.74, 6) is -1.39. The van der Waals surface area contributed by atoms with Gasteiger partial charge in [-0.05, 0) is 43.3 Å². The average Bonchev–Trinajstić information content (AvgIpc) is 3.64. The molecule has 2 heterocycles. The number of rotatable bonds is 7. The molecule has 4 rings (SSSR count). The highest BCUT2D eigenvalue weighted by atomic mass is 32.1. The zero-order valence-corrected chi connectivity index (χ0v) is 24.6. The summed E-state index contributed by atoms with van der Waals surface area (Å²) in [6.45, 7) is 9.90. The molecule has 0 spiro atoms. The second kappa shape index (κ2) is 17.2. The second-order valence-corrected chi connectivity index (χ2v) is 8.27. The molecule has 40 heavy (non-hydrogen) atoms. The van der Waals surface area contributed by atoms with Crippen LogP contribution in [-0.2, 0) is 19.1 Å². The molecule has 2 aromatic heterocycles. The van der Waals surface area contributed by atoms with Crippen molar-refractivity contribution in [2.75, 3.05) is 25.7 Å². The van der Waals surface area contributed by atoms with Crippen LogP contribution in [-0.4, -0.2) is 48.5 Å². The Morgan fingerprint density at radius 2 is 1.70 bits per heavy atom. The molecular weight excluding hydrogens is 534 g/mol. The first-order valence-electron chi connectivity index (χ1n) is 12.7. The van der Waals surface area contributed by atoms with Crippen LogP contribution in [0, 0.1) is 10.1 Å². The molecule has 4 aromatic rings. The van der Waals surface area contributed by atoms with Crippen molar-refractivity contribution in [3.05, 3.63) is 81.9 Å². The van der Waals surface area contributed by atoms with Gasteiger partial charge >= 0.3 is 16.9 Å². The van der Waals surface area contributed by atoms with Crippen molar-refractivity contribution >= 4 is 56.8 Å². The predicted molar refractivity (Wildman–Crippen MR) is 159 cm³/mol. The number of esters is 2. The van der Waals surface area contributed by atoms with Crippen molar-refractivity contribution in [3.8, 4) is 5.69 Å². The highest BCUT2D eigenvalue weighted by Crippen LogP contribution is 2.40. The van der Waals surface area contributed by atoms with Gasteiger partial charge in [0.15, 0.2) is 0 Å². The SMILES string of the molecule is CC.CC.CCOC(=O)C=O.COC(=O)c1cc(N(C)c2ccc3ccn(-c4ccccc4)c3c2)c([N+](=O)[O-])s1. The number of methoxy groups -OCH3 is 1. The first-order valence-corrected chi connectivity index (χ1v) is 13.5. The fourth-order valence-corrected chi connectivity index (χ4v) is 4.32. The number of benzene rings is 2. The third-order valence-corrected chi connectivity index (χ3v) is 6.14. The molecule has 11 heteroatoms.